The molecule has 1 N–H and O–H groups in total. The van der Waals surface area contributed by atoms with Gasteiger partial charge in [-0.1, -0.05) is 18.2 Å². The summed E-state index contributed by atoms with van der Waals surface area (Å²) in [7, 11) is 2.01. The van der Waals surface area contributed by atoms with Gasteiger partial charge < -0.3 is 10.0 Å². The molecule has 0 fully saturated rings. The quantitative estimate of drug-likeness (QED) is 0.856. The molecule has 1 aromatic carbocycles. The minimum absolute atomic E-state index is 0.728. The van der Waals surface area contributed by atoms with Gasteiger partial charge in [0.15, 0.2) is 0 Å². The Morgan fingerprint density at radius 1 is 1.24 bits per heavy atom. The van der Waals surface area contributed by atoms with Crippen molar-refractivity contribution in [3.8, 4) is 0 Å². The maximum atomic E-state index is 10.5. The third-order valence-corrected chi connectivity index (χ3v) is 3.10. The van der Waals surface area contributed by atoms with Crippen molar-refractivity contribution in [2.24, 2.45) is 0 Å². The highest BCUT2D eigenvalue weighted by Gasteiger charge is 2.03. The number of aryl methyl sites for hydroxylation is 1. The van der Waals surface area contributed by atoms with Crippen molar-refractivity contribution in [3.63, 3.8) is 0 Å². The molecule has 0 bridgehead atoms. The second-order valence-electron chi connectivity index (χ2n) is 4.89. The normalized spacial score (nSPS) is 10.8. The van der Waals surface area contributed by atoms with Gasteiger partial charge in [0.25, 0.3) is 0 Å². The third kappa shape index (κ3) is 4.45. The molecule has 0 atom stereocenters. The van der Waals surface area contributed by atoms with Crippen LogP contribution in [-0.2, 0) is 11.3 Å². The first-order valence-electron chi connectivity index (χ1n) is 6.69. The van der Waals surface area contributed by atoms with E-state index in [0.29, 0.717) is 0 Å². The summed E-state index contributed by atoms with van der Waals surface area (Å²) >= 11 is 0. The molecule has 0 aliphatic heterocycles. The highest BCUT2D eigenvalue weighted by Crippen LogP contribution is 2.16. The first-order valence-corrected chi connectivity index (χ1v) is 6.69. The van der Waals surface area contributed by atoms with E-state index in [9.17, 15) is 4.79 Å². The van der Waals surface area contributed by atoms with Gasteiger partial charge in [0.2, 0.25) is 0 Å². The summed E-state index contributed by atoms with van der Waals surface area (Å²) in [4.78, 5) is 17.1. The number of nitrogens with zero attached hydrogens (tertiary/aromatic N) is 2. The lowest BCUT2D eigenvalue weighted by molar-refractivity contribution is -0.131. The second-order valence-corrected chi connectivity index (χ2v) is 4.89. The summed E-state index contributed by atoms with van der Waals surface area (Å²) in [5, 5.41) is 8.60. The molecule has 0 saturated heterocycles. The van der Waals surface area contributed by atoms with Crippen molar-refractivity contribution in [1.29, 1.82) is 0 Å². The van der Waals surface area contributed by atoms with Crippen LogP contribution in [0.1, 0.15) is 17.0 Å². The van der Waals surface area contributed by atoms with E-state index in [1.807, 2.05) is 56.4 Å². The maximum Gasteiger partial charge on any atom is 0.328 e. The number of carboxylic acids is 1. The first kappa shape index (κ1) is 14.8. The monoisotopic (exact) mass is 282 g/mol. The van der Waals surface area contributed by atoms with E-state index >= 15 is 0 Å². The Hall–Kier alpha value is -2.62. The number of pyridine rings is 1. The molecule has 108 valence electrons. The molecule has 4 heteroatoms. The summed E-state index contributed by atoms with van der Waals surface area (Å²) in [6, 6.07) is 13.7. The number of aromatic nitrogens is 1. The lowest BCUT2D eigenvalue weighted by atomic mass is 10.2. The Morgan fingerprint density at radius 2 is 1.95 bits per heavy atom. The molecule has 0 radical (unpaired) electrons. The van der Waals surface area contributed by atoms with E-state index in [1.165, 1.54) is 0 Å². The molecular weight excluding hydrogens is 264 g/mol. The second kappa shape index (κ2) is 6.70. The molecule has 0 spiro atoms. The van der Waals surface area contributed by atoms with Crippen LogP contribution in [0.2, 0.25) is 0 Å². The molecule has 1 aromatic heterocycles. The van der Waals surface area contributed by atoms with E-state index in [1.54, 1.807) is 6.08 Å². The zero-order valence-corrected chi connectivity index (χ0v) is 12.2. The van der Waals surface area contributed by atoms with Crippen molar-refractivity contribution >= 4 is 17.7 Å². The minimum atomic E-state index is -0.943. The molecule has 2 rings (SSSR count). The number of hydrogen-bond acceptors (Lipinski definition) is 3. The van der Waals surface area contributed by atoms with Gasteiger partial charge in [0.1, 0.15) is 0 Å². The predicted octanol–water partition coefficient (Wildman–Crippen LogP) is 3.12. The van der Waals surface area contributed by atoms with Crippen LogP contribution in [0.3, 0.4) is 0 Å². The Morgan fingerprint density at radius 3 is 2.57 bits per heavy atom. The number of anilines is 1. The van der Waals surface area contributed by atoms with Crippen LogP contribution in [0.4, 0.5) is 5.69 Å². The van der Waals surface area contributed by atoms with Gasteiger partial charge >= 0.3 is 5.97 Å². The third-order valence-electron chi connectivity index (χ3n) is 3.10. The van der Waals surface area contributed by atoms with Gasteiger partial charge in [-0.25, -0.2) is 4.79 Å². The van der Waals surface area contributed by atoms with E-state index in [0.717, 1.165) is 35.3 Å². The van der Waals surface area contributed by atoms with Gasteiger partial charge in [0, 0.05) is 24.5 Å². The highest BCUT2D eigenvalue weighted by molar-refractivity contribution is 5.85. The van der Waals surface area contributed by atoms with Gasteiger partial charge in [-0.2, -0.15) is 0 Å². The summed E-state index contributed by atoms with van der Waals surface area (Å²) in [6.45, 7) is 2.71. The fourth-order valence-electron chi connectivity index (χ4n) is 2.03. The Bertz CT molecular complexity index is 648. The largest absolute Gasteiger partial charge is 0.478 e. The smallest absolute Gasteiger partial charge is 0.328 e. The number of rotatable bonds is 5. The van der Waals surface area contributed by atoms with E-state index in [4.69, 9.17) is 5.11 Å². The van der Waals surface area contributed by atoms with Crippen LogP contribution in [0.15, 0.2) is 48.5 Å². The Kier molecular flexibility index (Phi) is 4.72. The van der Waals surface area contributed by atoms with Crippen LogP contribution in [0.25, 0.3) is 6.08 Å². The number of hydrogen-bond donors (Lipinski definition) is 1. The SMILES string of the molecule is Cc1cccc(CN(C)c2ccc(/C=C/C(=O)O)cc2)n1. The van der Waals surface area contributed by atoms with Gasteiger partial charge in [-0.05, 0) is 42.8 Å². The molecule has 4 nitrogen and oxygen atoms in total. The molecular formula is C17H18N2O2. The summed E-state index contributed by atoms with van der Waals surface area (Å²) < 4.78 is 0. The van der Waals surface area contributed by atoms with Crippen molar-refractivity contribution in [2.75, 3.05) is 11.9 Å². The Balaban J connectivity index is 2.06. The van der Waals surface area contributed by atoms with Crippen LogP contribution in [0.5, 0.6) is 0 Å². The summed E-state index contributed by atoms with van der Waals surface area (Å²) in [5.41, 5.74) is 3.96. The number of aliphatic carboxylic acids is 1. The molecule has 0 aliphatic rings. The van der Waals surface area contributed by atoms with Crippen LogP contribution >= 0.6 is 0 Å². The molecule has 1 heterocycles. The zero-order chi connectivity index (χ0) is 15.2. The molecule has 2 aromatic rings. The number of carboxylic acid groups (broad SMARTS) is 1. The lowest BCUT2D eigenvalue weighted by Gasteiger charge is -2.19. The topological polar surface area (TPSA) is 53.4 Å². The molecule has 0 unspecified atom stereocenters. The fraction of sp³-hybridized carbons (Fsp3) is 0.176. The van der Waals surface area contributed by atoms with Crippen LogP contribution < -0.4 is 4.90 Å². The zero-order valence-electron chi connectivity index (χ0n) is 12.2. The predicted molar refractivity (Wildman–Crippen MR) is 84.2 cm³/mol. The molecule has 0 aliphatic carbocycles. The first-order chi connectivity index (χ1) is 10.0. The Labute approximate surface area is 124 Å². The van der Waals surface area contributed by atoms with Crippen molar-refractivity contribution < 1.29 is 9.90 Å². The molecule has 0 saturated carbocycles. The van der Waals surface area contributed by atoms with E-state index < -0.39 is 5.97 Å². The van der Waals surface area contributed by atoms with E-state index in [2.05, 4.69) is 9.88 Å². The van der Waals surface area contributed by atoms with Crippen molar-refractivity contribution in [2.45, 2.75) is 13.5 Å². The van der Waals surface area contributed by atoms with Crippen LogP contribution in [0, 0.1) is 6.92 Å². The lowest BCUT2D eigenvalue weighted by Crippen LogP contribution is -2.17. The average Bonchev–Trinajstić information content (AvgIpc) is 2.45. The number of benzene rings is 1. The molecule has 21 heavy (non-hydrogen) atoms. The summed E-state index contributed by atoms with van der Waals surface area (Å²) in [6.07, 6.45) is 2.71. The van der Waals surface area contributed by atoms with Crippen LogP contribution in [-0.4, -0.2) is 23.1 Å². The van der Waals surface area contributed by atoms with Gasteiger partial charge in [0.05, 0.1) is 12.2 Å². The van der Waals surface area contributed by atoms with Gasteiger partial charge in [-0.3, -0.25) is 4.98 Å². The fourth-order valence-corrected chi connectivity index (χ4v) is 2.03. The van der Waals surface area contributed by atoms with Crippen molar-refractivity contribution in [1.82, 2.24) is 4.98 Å². The summed E-state index contributed by atoms with van der Waals surface area (Å²) in [5.74, 6) is -0.943. The number of carbonyl (C=O) groups is 1. The maximum absolute atomic E-state index is 10.5. The van der Waals surface area contributed by atoms with Crippen molar-refractivity contribution in [3.05, 3.63) is 65.5 Å². The standard InChI is InChI=1S/C17H18N2O2/c1-13-4-3-5-15(18-13)12-19(2)16-9-6-14(7-10-16)8-11-17(20)21/h3-11H,12H2,1-2H3,(H,20,21)/b11-8+. The highest BCUT2D eigenvalue weighted by atomic mass is 16.4. The minimum Gasteiger partial charge on any atom is -0.478 e. The van der Waals surface area contributed by atoms with E-state index in [-0.39, 0.29) is 0 Å². The molecule has 0 amide bonds. The average molecular weight is 282 g/mol. The van der Waals surface area contributed by atoms with Gasteiger partial charge in [-0.15, -0.1) is 0 Å².